The van der Waals surface area contributed by atoms with Gasteiger partial charge in [0.25, 0.3) is 0 Å². The molecule has 3 N–H and O–H groups in total. The summed E-state index contributed by atoms with van der Waals surface area (Å²) >= 11 is 0. The number of aliphatic hydroxyl groups excluding tert-OH is 1. The van der Waals surface area contributed by atoms with Crippen LogP contribution in [0.1, 0.15) is 43.0 Å². The predicted octanol–water partition coefficient (Wildman–Crippen LogP) is 1.02. The van der Waals surface area contributed by atoms with E-state index in [2.05, 4.69) is 9.88 Å². The van der Waals surface area contributed by atoms with Gasteiger partial charge in [0.15, 0.2) is 0 Å². The molecular formula is C14H22N4O. The molecule has 0 unspecified atom stereocenters. The molecule has 5 nitrogen and oxygen atoms in total. The van der Waals surface area contributed by atoms with Crippen molar-refractivity contribution in [3.05, 3.63) is 17.5 Å². The molecule has 1 fully saturated rings. The first-order valence-electron chi connectivity index (χ1n) is 7.25. The van der Waals surface area contributed by atoms with Crippen LogP contribution in [0.2, 0.25) is 0 Å². The number of hydrogen-bond acceptors (Lipinski definition) is 5. The summed E-state index contributed by atoms with van der Waals surface area (Å²) in [6.07, 6.45) is 7.15. The Balaban J connectivity index is 1.75. The minimum atomic E-state index is 0.109. The largest absolute Gasteiger partial charge is 0.396 e. The molecule has 0 saturated carbocycles. The maximum Gasteiger partial charge on any atom is 0.225 e. The van der Waals surface area contributed by atoms with Crippen molar-refractivity contribution in [3.8, 4) is 0 Å². The second-order valence-electron chi connectivity index (χ2n) is 5.68. The van der Waals surface area contributed by atoms with Crippen LogP contribution >= 0.6 is 0 Å². The summed E-state index contributed by atoms with van der Waals surface area (Å²) in [5.74, 6) is 1.28. The van der Waals surface area contributed by atoms with E-state index in [1.165, 1.54) is 0 Å². The van der Waals surface area contributed by atoms with E-state index in [0.717, 1.165) is 62.4 Å². The number of anilines is 1. The lowest BCUT2D eigenvalue weighted by Crippen LogP contribution is -2.36. The van der Waals surface area contributed by atoms with Crippen LogP contribution in [0, 0.1) is 5.92 Å². The van der Waals surface area contributed by atoms with Gasteiger partial charge < -0.3 is 15.7 Å². The highest BCUT2D eigenvalue weighted by Crippen LogP contribution is 2.28. The van der Waals surface area contributed by atoms with Crippen molar-refractivity contribution in [2.45, 2.75) is 38.1 Å². The minimum Gasteiger partial charge on any atom is -0.396 e. The van der Waals surface area contributed by atoms with E-state index in [0.29, 0.717) is 12.5 Å². The van der Waals surface area contributed by atoms with Gasteiger partial charge >= 0.3 is 0 Å². The Kier molecular flexibility index (Phi) is 3.66. The van der Waals surface area contributed by atoms with Crippen molar-refractivity contribution < 1.29 is 5.11 Å². The topological polar surface area (TPSA) is 75.3 Å². The monoisotopic (exact) mass is 262 g/mol. The van der Waals surface area contributed by atoms with Crippen LogP contribution in [-0.4, -0.2) is 34.8 Å². The van der Waals surface area contributed by atoms with Gasteiger partial charge in [-0.3, -0.25) is 0 Å². The maximum atomic E-state index is 9.17. The Bertz CT molecular complexity index is 443. The molecular weight excluding hydrogens is 240 g/mol. The normalized spacial score (nSPS) is 24.3. The van der Waals surface area contributed by atoms with Gasteiger partial charge in [-0.05, 0) is 38.0 Å². The molecule has 1 aliphatic heterocycles. The van der Waals surface area contributed by atoms with Gasteiger partial charge in [0, 0.05) is 37.5 Å². The molecule has 19 heavy (non-hydrogen) atoms. The predicted molar refractivity (Wildman–Crippen MR) is 73.9 cm³/mol. The molecule has 0 radical (unpaired) electrons. The third-order valence-corrected chi connectivity index (χ3v) is 4.37. The van der Waals surface area contributed by atoms with Gasteiger partial charge in [-0.2, -0.15) is 0 Å². The van der Waals surface area contributed by atoms with E-state index in [4.69, 9.17) is 10.7 Å². The van der Waals surface area contributed by atoms with Gasteiger partial charge in [0.2, 0.25) is 5.95 Å². The SMILES string of the molecule is N[C@H]1CCCc2nc(N3CCC(CO)CC3)ncc21. The lowest BCUT2D eigenvalue weighted by Gasteiger charge is -2.32. The van der Waals surface area contributed by atoms with E-state index in [-0.39, 0.29) is 6.04 Å². The minimum absolute atomic E-state index is 0.109. The van der Waals surface area contributed by atoms with E-state index < -0.39 is 0 Å². The van der Waals surface area contributed by atoms with Crippen molar-refractivity contribution in [1.29, 1.82) is 0 Å². The van der Waals surface area contributed by atoms with E-state index in [1.54, 1.807) is 0 Å². The summed E-state index contributed by atoms with van der Waals surface area (Å²) in [5, 5.41) is 9.17. The van der Waals surface area contributed by atoms with Crippen LogP contribution in [0.15, 0.2) is 6.20 Å². The fraction of sp³-hybridized carbons (Fsp3) is 0.714. The zero-order valence-electron chi connectivity index (χ0n) is 11.3. The number of aromatic nitrogens is 2. The highest BCUT2D eigenvalue weighted by atomic mass is 16.3. The van der Waals surface area contributed by atoms with Crippen LogP contribution in [-0.2, 0) is 6.42 Å². The van der Waals surface area contributed by atoms with Crippen molar-refractivity contribution in [3.63, 3.8) is 0 Å². The van der Waals surface area contributed by atoms with Crippen LogP contribution in [0.25, 0.3) is 0 Å². The van der Waals surface area contributed by atoms with Gasteiger partial charge in [0.05, 0.1) is 5.69 Å². The lowest BCUT2D eigenvalue weighted by molar-refractivity contribution is 0.202. The second kappa shape index (κ2) is 5.43. The Hall–Kier alpha value is -1.20. The van der Waals surface area contributed by atoms with Crippen molar-refractivity contribution in [1.82, 2.24) is 9.97 Å². The molecule has 2 aliphatic rings. The summed E-state index contributed by atoms with van der Waals surface area (Å²) < 4.78 is 0. The Labute approximate surface area is 113 Å². The molecule has 1 aliphatic carbocycles. The average Bonchev–Trinajstić information content (AvgIpc) is 2.47. The van der Waals surface area contributed by atoms with Crippen LogP contribution in [0.4, 0.5) is 5.95 Å². The standard InChI is InChI=1S/C14H22N4O/c15-12-2-1-3-13-11(12)8-16-14(17-13)18-6-4-10(9-19)5-7-18/h8,10,12,19H,1-7,9,15H2/t12-/m0/s1. The molecule has 0 aromatic carbocycles. The van der Waals surface area contributed by atoms with Gasteiger partial charge in [-0.15, -0.1) is 0 Å². The van der Waals surface area contributed by atoms with Crippen molar-refractivity contribution >= 4 is 5.95 Å². The molecule has 1 saturated heterocycles. The van der Waals surface area contributed by atoms with Crippen LogP contribution in [0.5, 0.6) is 0 Å². The molecule has 5 heteroatoms. The average molecular weight is 262 g/mol. The zero-order chi connectivity index (χ0) is 13.2. The highest BCUT2D eigenvalue weighted by molar-refractivity contribution is 5.35. The first-order valence-corrected chi connectivity index (χ1v) is 7.25. The highest BCUT2D eigenvalue weighted by Gasteiger charge is 2.23. The quantitative estimate of drug-likeness (QED) is 0.832. The Morgan fingerprint density at radius 2 is 2.11 bits per heavy atom. The summed E-state index contributed by atoms with van der Waals surface area (Å²) in [4.78, 5) is 11.4. The smallest absolute Gasteiger partial charge is 0.225 e. The lowest BCUT2D eigenvalue weighted by atomic mass is 9.93. The summed E-state index contributed by atoms with van der Waals surface area (Å²) in [6, 6.07) is 0.109. The first kappa shape index (κ1) is 12.8. The molecule has 1 aromatic heterocycles. The van der Waals surface area contributed by atoms with Gasteiger partial charge in [0.1, 0.15) is 0 Å². The second-order valence-corrected chi connectivity index (χ2v) is 5.68. The molecule has 0 spiro atoms. The zero-order valence-corrected chi connectivity index (χ0v) is 11.3. The summed E-state index contributed by atoms with van der Waals surface area (Å²) in [7, 11) is 0. The fourth-order valence-corrected chi connectivity index (χ4v) is 3.04. The van der Waals surface area contributed by atoms with E-state index in [9.17, 15) is 5.11 Å². The number of hydrogen-bond donors (Lipinski definition) is 2. The Morgan fingerprint density at radius 1 is 1.32 bits per heavy atom. The Morgan fingerprint density at radius 3 is 2.84 bits per heavy atom. The van der Waals surface area contributed by atoms with Gasteiger partial charge in [-0.1, -0.05) is 0 Å². The number of nitrogens with two attached hydrogens (primary N) is 1. The third kappa shape index (κ3) is 2.58. The molecule has 3 rings (SSSR count). The summed E-state index contributed by atoms with van der Waals surface area (Å²) in [6.45, 7) is 2.18. The van der Waals surface area contributed by atoms with Crippen molar-refractivity contribution in [2.24, 2.45) is 11.7 Å². The number of nitrogens with zero attached hydrogens (tertiary/aromatic N) is 3. The molecule has 1 atom stereocenters. The first-order chi connectivity index (χ1) is 9.28. The molecule has 0 bridgehead atoms. The maximum absolute atomic E-state index is 9.17. The molecule has 0 amide bonds. The summed E-state index contributed by atoms with van der Waals surface area (Å²) in [5.41, 5.74) is 8.35. The fourth-order valence-electron chi connectivity index (χ4n) is 3.04. The number of rotatable bonds is 2. The van der Waals surface area contributed by atoms with E-state index in [1.807, 2.05) is 6.20 Å². The molecule has 104 valence electrons. The number of fused-ring (bicyclic) bond motifs is 1. The van der Waals surface area contributed by atoms with Crippen LogP contribution in [0.3, 0.4) is 0 Å². The molecule has 2 heterocycles. The third-order valence-electron chi connectivity index (χ3n) is 4.37. The van der Waals surface area contributed by atoms with Gasteiger partial charge in [-0.25, -0.2) is 9.97 Å². The number of piperidine rings is 1. The van der Waals surface area contributed by atoms with E-state index >= 15 is 0 Å². The van der Waals surface area contributed by atoms with Crippen molar-refractivity contribution in [2.75, 3.05) is 24.6 Å². The van der Waals surface area contributed by atoms with Crippen LogP contribution < -0.4 is 10.6 Å². The number of aliphatic hydroxyl groups is 1. The molecule has 1 aromatic rings. The number of aryl methyl sites for hydroxylation is 1.